The SMILES string of the molecule is CC(C)(C)OC(=O)NC1(C(=O)N[C@H](C#N)Cc2ccc(-c3ccc(CS(=O)(=O)O)cc3)cc2)CCOCC1. The van der Waals surface area contributed by atoms with Gasteiger partial charge in [-0.25, -0.2) is 4.79 Å². The van der Waals surface area contributed by atoms with Gasteiger partial charge in [0.25, 0.3) is 10.1 Å². The Balaban J connectivity index is 1.66. The summed E-state index contributed by atoms with van der Waals surface area (Å²) in [6.45, 7) is 5.79. The van der Waals surface area contributed by atoms with Crippen molar-refractivity contribution in [1.82, 2.24) is 10.6 Å². The fraction of sp³-hybridized carbons (Fsp3) is 0.444. The lowest BCUT2D eigenvalue weighted by atomic mass is 9.88. The standard InChI is InChI=1S/C27H33N3O7S/c1-26(2,3)37-25(32)30-27(12-14-36-15-13-27)24(31)29-23(17-28)16-19-4-8-21(9-5-19)22-10-6-20(7-11-22)18-38(33,34)35/h4-11,23H,12-16,18H2,1-3H3,(H,29,31)(H,30,32)(H,33,34,35)/t23-/m0/s1. The van der Waals surface area contributed by atoms with E-state index in [1.54, 1.807) is 45.0 Å². The summed E-state index contributed by atoms with van der Waals surface area (Å²) in [5.74, 6) is -0.908. The topological polar surface area (TPSA) is 155 Å². The van der Waals surface area contributed by atoms with Crippen molar-refractivity contribution in [3.05, 3.63) is 59.7 Å². The first-order valence-corrected chi connectivity index (χ1v) is 13.8. The zero-order valence-corrected chi connectivity index (χ0v) is 22.5. The van der Waals surface area contributed by atoms with Gasteiger partial charge in [0, 0.05) is 32.5 Å². The van der Waals surface area contributed by atoms with Crippen molar-refractivity contribution < 1.29 is 32.0 Å². The van der Waals surface area contributed by atoms with Gasteiger partial charge in [0.1, 0.15) is 22.9 Å². The fourth-order valence-corrected chi connectivity index (χ4v) is 4.74. The summed E-state index contributed by atoms with van der Waals surface area (Å²) in [6, 6.07) is 15.5. The van der Waals surface area contributed by atoms with E-state index < -0.39 is 45.1 Å². The summed E-state index contributed by atoms with van der Waals surface area (Å²) in [5.41, 5.74) is 1.08. The Hall–Kier alpha value is -3.46. The molecule has 1 heterocycles. The van der Waals surface area contributed by atoms with Crippen molar-refractivity contribution in [1.29, 1.82) is 5.26 Å². The molecule has 204 valence electrons. The van der Waals surface area contributed by atoms with Gasteiger partial charge >= 0.3 is 6.09 Å². The van der Waals surface area contributed by atoms with E-state index in [0.29, 0.717) is 18.8 Å². The normalized spacial score (nSPS) is 16.1. The second-order valence-corrected chi connectivity index (χ2v) is 11.8. The molecule has 2 aromatic carbocycles. The molecule has 38 heavy (non-hydrogen) atoms. The molecule has 11 heteroatoms. The highest BCUT2D eigenvalue weighted by molar-refractivity contribution is 7.85. The number of alkyl carbamates (subject to hydrolysis) is 1. The van der Waals surface area contributed by atoms with Crippen LogP contribution in [0, 0.1) is 11.3 Å². The Morgan fingerprint density at radius 3 is 2.05 bits per heavy atom. The molecule has 2 amide bonds. The number of carbonyl (C=O) groups excluding carboxylic acids is 2. The van der Waals surface area contributed by atoms with E-state index in [1.165, 1.54) is 0 Å². The maximum Gasteiger partial charge on any atom is 0.408 e. The minimum absolute atomic E-state index is 0.258. The molecule has 0 spiro atoms. The summed E-state index contributed by atoms with van der Waals surface area (Å²) in [6.07, 6.45) is 0.0705. The highest BCUT2D eigenvalue weighted by Gasteiger charge is 2.43. The number of nitrogens with one attached hydrogen (secondary N) is 2. The first-order chi connectivity index (χ1) is 17.8. The van der Waals surface area contributed by atoms with Crippen molar-refractivity contribution in [2.45, 2.75) is 63.0 Å². The minimum Gasteiger partial charge on any atom is -0.444 e. The Morgan fingerprint density at radius 2 is 1.58 bits per heavy atom. The van der Waals surface area contributed by atoms with Gasteiger partial charge in [-0.1, -0.05) is 48.5 Å². The predicted molar refractivity (Wildman–Crippen MR) is 141 cm³/mol. The molecule has 0 radical (unpaired) electrons. The van der Waals surface area contributed by atoms with Crippen LogP contribution in [0.15, 0.2) is 48.5 Å². The zero-order chi connectivity index (χ0) is 28.0. The molecule has 2 aromatic rings. The van der Waals surface area contributed by atoms with E-state index >= 15 is 0 Å². The molecular formula is C27H33N3O7S. The molecule has 0 aromatic heterocycles. The second kappa shape index (κ2) is 11.9. The Kier molecular flexibility index (Phi) is 9.14. The van der Waals surface area contributed by atoms with Crippen molar-refractivity contribution >= 4 is 22.1 Å². The van der Waals surface area contributed by atoms with Gasteiger partial charge in [-0.2, -0.15) is 13.7 Å². The Bertz CT molecular complexity index is 1270. The molecule has 1 fully saturated rings. The van der Waals surface area contributed by atoms with Gasteiger partial charge < -0.3 is 20.1 Å². The van der Waals surface area contributed by atoms with Gasteiger partial charge in [0.15, 0.2) is 0 Å². The van der Waals surface area contributed by atoms with Crippen LogP contribution >= 0.6 is 0 Å². The molecule has 0 saturated carbocycles. The first-order valence-electron chi connectivity index (χ1n) is 12.2. The average molecular weight is 544 g/mol. The van der Waals surface area contributed by atoms with Crippen LogP contribution in [0.3, 0.4) is 0 Å². The predicted octanol–water partition coefficient (Wildman–Crippen LogP) is 3.37. The lowest BCUT2D eigenvalue weighted by Crippen LogP contribution is -2.63. The monoisotopic (exact) mass is 543 g/mol. The van der Waals surface area contributed by atoms with E-state index in [2.05, 4.69) is 16.7 Å². The van der Waals surface area contributed by atoms with Crippen molar-refractivity contribution in [2.24, 2.45) is 0 Å². The largest absolute Gasteiger partial charge is 0.444 e. The second-order valence-electron chi connectivity index (χ2n) is 10.3. The third-order valence-corrected chi connectivity index (χ3v) is 6.71. The molecule has 1 aliphatic heterocycles. The number of hydrogen-bond donors (Lipinski definition) is 3. The van der Waals surface area contributed by atoms with Gasteiger partial charge in [-0.05, 0) is 43.0 Å². The Labute approximate surface area is 223 Å². The molecule has 1 atom stereocenters. The van der Waals surface area contributed by atoms with Crippen LogP contribution in [-0.2, 0) is 36.6 Å². The van der Waals surface area contributed by atoms with E-state index in [0.717, 1.165) is 16.7 Å². The molecule has 0 bridgehead atoms. The minimum atomic E-state index is -4.10. The fourth-order valence-electron chi connectivity index (χ4n) is 4.13. The maximum atomic E-state index is 13.3. The van der Waals surface area contributed by atoms with E-state index in [-0.39, 0.29) is 19.3 Å². The molecule has 3 rings (SSSR count). The summed E-state index contributed by atoms with van der Waals surface area (Å²) < 4.78 is 41.8. The van der Waals surface area contributed by atoms with Crippen LogP contribution in [0.2, 0.25) is 0 Å². The van der Waals surface area contributed by atoms with Gasteiger partial charge in [-0.3, -0.25) is 9.35 Å². The third-order valence-electron chi connectivity index (χ3n) is 6.01. The number of ether oxygens (including phenoxy) is 2. The number of rotatable bonds is 8. The van der Waals surface area contributed by atoms with Crippen molar-refractivity contribution in [2.75, 3.05) is 13.2 Å². The van der Waals surface area contributed by atoms with Crippen LogP contribution in [-0.4, -0.2) is 55.4 Å². The van der Waals surface area contributed by atoms with E-state index in [4.69, 9.17) is 14.0 Å². The first kappa shape index (κ1) is 29.1. The van der Waals surface area contributed by atoms with E-state index in [9.17, 15) is 23.3 Å². The maximum absolute atomic E-state index is 13.3. The smallest absolute Gasteiger partial charge is 0.408 e. The number of nitrogens with zero attached hydrogens (tertiary/aromatic N) is 1. The zero-order valence-electron chi connectivity index (χ0n) is 21.7. The number of nitriles is 1. The molecule has 0 aliphatic carbocycles. The summed E-state index contributed by atoms with van der Waals surface area (Å²) in [4.78, 5) is 25.7. The lowest BCUT2D eigenvalue weighted by molar-refractivity contribution is -0.132. The molecule has 1 saturated heterocycles. The third kappa shape index (κ3) is 8.55. The van der Waals surface area contributed by atoms with Crippen molar-refractivity contribution in [3.8, 4) is 17.2 Å². The quantitative estimate of drug-likeness (QED) is 0.428. The van der Waals surface area contributed by atoms with Gasteiger partial charge in [0.2, 0.25) is 5.91 Å². The number of hydrogen-bond acceptors (Lipinski definition) is 7. The number of benzene rings is 2. The van der Waals surface area contributed by atoms with Crippen molar-refractivity contribution in [3.63, 3.8) is 0 Å². The van der Waals surface area contributed by atoms with E-state index in [1.807, 2.05) is 24.3 Å². The highest BCUT2D eigenvalue weighted by Crippen LogP contribution is 2.24. The van der Waals surface area contributed by atoms with Crippen LogP contribution in [0.25, 0.3) is 11.1 Å². The van der Waals surface area contributed by atoms with Crippen LogP contribution in [0.5, 0.6) is 0 Å². The lowest BCUT2D eigenvalue weighted by Gasteiger charge is -2.37. The number of carbonyl (C=O) groups is 2. The molecule has 0 unspecified atom stereocenters. The average Bonchev–Trinajstić information content (AvgIpc) is 2.83. The molecule has 1 aliphatic rings. The summed E-state index contributed by atoms with van der Waals surface area (Å²) in [7, 11) is -4.10. The molecular weight excluding hydrogens is 510 g/mol. The van der Waals surface area contributed by atoms with Gasteiger partial charge in [-0.15, -0.1) is 0 Å². The highest BCUT2D eigenvalue weighted by atomic mass is 32.2. The molecule has 10 nitrogen and oxygen atoms in total. The Morgan fingerprint density at radius 1 is 1.05 bits per heavy atom. The van der Waals surface area contributed by atoms with Crippen LogP contribution in [0.4, 0.5) is 4.79 Å². The number of amides is 2. The van der Waals surface area contributed by atoms with Crippen LogP contribution in [0.1, 0.15) is 44.7 Å². The summed E-state index contributed by atoms with van der Waals surface area (Å²) >= 11 is 0. The molecule has 3 N–H and O–H groups in total. The van der Waals surface area contributed by atoms with Crippen LogP contribution < -0.4 is 10.6 Å². The summed E-state index contributed by atoms with van der Waals surface area (Å²) in [5, 5.41) is 15.2. The van der Waals surface area contributed by atoms with Gasteiger partial charge in [0.05, 0.1) is 6.07 Å².